The number of nitrogens with zero attached hydrogens (tertiary/aromatic N) is 1. The lowest BCUT2D eigenvalue weighted by molar-refractivity contribution is -0.117. The minimum absolute atomic E-state index is 0.0486. The van der Waals surface area contributed by atoms with Crippen molar-refractivity contribution in [1.82, 2.24) is 10.2 Å². The molecule has 1 aromatic rings. The van der Waals surface area contributed by atoms with Crippen molar-refractivity contribution < 1.29 is 9.59 Å². The molecule has 3 N–H and O–H groups in total. The van der Waals surface area contributed by atoms with Crippen LogP contribution in [0.15, 0.2) is 18.2 Å². The van der Waals surface area contributed by atoms with Gasteiger partial charge in [0, 0.05) is 12.1 Å². The molecule has 2 heterocycles. The van der Waals surface area contributed by atoms with E-state index >= 15 is 0 Å². The van der Waals surface area contributed by atoms with Crippen LogP contribution in [0.5, 0.6) is 0 Å². The molecule has 27 heavy (non-hydrogen) atoms. The lowest BCUT2D eigenvalue weighted by Gasteiger charge is -2.29. The standard InChI is InChI=1S/C21H32N4O2/c1-15(2)19-21(27)24-18-14-16(8-9-17(18)23-19)20(26)22-10-7-13-25-11-5-3-4-6-12-25/h8-9,14-15,19,23H,3-7,10-13H2,1-2H3,(H,22,26)(H,24,27)/t19-/m1/s1. The van der Waals surface area contributed by atoms with E-state index < -0.39 is 0 Å². The molecular weight excluding hydrogens is 340 g/mol. The lowest BCUT2D eigenvalue weighted by atomic mass is 9.99. The Hall–Kier alpha value is -2.08. The number of hydrogen-bond acceptors (Lipinski definition) is 4. The number of anilines is 2. The van der Waals surface area contributed by atoms with Gasteiger partial charge in [-0.05, 0) is 63.0 Å². The van der Waals surface area contributed by atoms with Crippen molar-refractivity contribution >= 4 is 23.2 Å². The number of fused-ring (bicyclic) bond motifs is 1. The molecule has 148 valence electrons. The second-order valence-corrected chi connectivity index (χ2v) is 7.98. The smallest absolute Gasteiger partial charge is 0.251 e. The number of rotatable bonds is 6. The molecule has 0 aromatic heterocycles. The molecule has 0 radical (unpaired) electrons. The van der Waals surface area contributed by atoms with Crippen LogP contribution in [0.25, 0.3) is 0 Å². The van der Waals surface area contributed by atoms with Crippen molar-refractivity contribution in [3.8, 4) is 0 Å². The zero-order valence-corrected chi connectivity index (χ0v) is 16.5. The van der Waals surface area contributed by atoms with E-state index in [1.54, 1.807) is 6.07 Å². The van der Waals surface area contributed by atoms with Crippen LogP contribution in [-0.2, 0) is 4.79 Å². The summed E-state index contributed by atoms with van der Waals surface area (Å²) in [6, 6.07) is 5.19. The molecule has 0 unspecified atom stereocenters. The van der Waals surface area contributed by atoms with Gasteiger partial charge in [0.25, 0.3) is 5.91 Å². The molecule has 0 bridgehead atoms. The first kappa shape index (κ1) is 19.7. The number of carbonyl (C=O) groups excluding carboxylic acids is 2. The number of likely N-dealkylation sites (tertiary alicyclic amines) is 1. The van der Waals surface area contributed by atoms with Crippen molar-refractivity contribution in [3.63, 3.8) is 0 Å². The summed E-state index contributed by atoms with van der Waals surface area (Å²) in [7, 11) is 0. The third kappa shape index (κ3) is 5.22. The summed E-state index contributed by atoms with van der Waals surface area (Å²) in [4.78, 5) is 27.1. The monoisotopic (exact) mass is 372 g/mol. The fourth-order valence-corrected chi connectivity index (χ4v) is 3.79. The quantitative estimate of drug-likeness (QED) is 0.671. The average molecular weight is 373 g/mol. The molecule has 0 saturated carbocycles. The molecule has 1 fully saturated rings. The molecule has 2 amide bonds. The maximum absolute atomic E-state index is 12.4. The first-order chi connectivity index (χ1) is 13.0. The van der Waals surface area contributed by atoms with Crippen molar-refractivity contribution in [2.45, 2.75) is 52.0 Å². The summed E-state index contributed by atoms with van der Waals surface area (Å²) in [5, 5.41) is 9.17. The van der Waals surface area contributed by atoms with Crippen LogP contribution in [0, 0.1) is 5.92 Å². The predicted octanol–water partition coefficient (Wildman–Crippen LogP) is 3.07. The van der Waals surface area contributed by atoms with Gasteiger partial charge in [0.1, 0.15) is 6.04 Å². The lowest BCUT2D eigenvalue weighted by Crippen LogP contribution is -2.42. The Morgan fingerprint density at radius 2 is 1.93 bits per heavy atom. The van der Waals surface area contributed by atoms with Gasteiger partial charge in [-0.1, -0.05) is 26.7 Å². The Morgan fingerprint density at radius 3 is 2.63 bits per heavy atom. The summed E-state index contributed by atoms with van der Waals surface area (Å²) in [6.07, 6.45) is 6.23. The molecule has 2 aliphatic rings. The fourth-order valence-electron chi connectivity index (χ4n) is 3.79. The molecule has 0 aliphatic carbocycles. The largest absolute Gasteiger partial charge is 0.372 e. The Labute approximate surface area is 162 Å². The third-order valence-corrected chi connectivity index (χ3v) is 5.44. The highest BCUT2D eigenvalue weighted by molar-refractivity contribution is 6.05. The number of benzene rings is 1. The van der Waals surface area contributed by atoms with Gasteiger partial charge in [0.05, 0.1) is 11.4 Å². The molecule has 1 saturated heterocycles. The maximum Gasteiger partial charge on any atom is 0.251 e. The first-order valence-electron chi connectivity index (χ1n) is 10.3. The SMILES string of the molecule is CC(C)[C@H]1Nc2ccc(C(=O)NCCCN3CCCCCC3)cc2NC1=O. The molecule has 1 aromatic carbocycles. The van der Waals surface area contributed by atoms with E-state index in [0.717, 1.165) is 18.7 Å². The van der Waals surface area contributed by atoms with Crippen LogP contribution in [0.3, 0.4) is 0 Å². The highest BCUT2D eigenvalue weighted by Gasteiger charge is 2.28. The molecule has 0 spiro atoms. The van der Waals surface area contributed by atoms with Crippen molar-refractivity contribution in [2.75, 3.05) is 36.8 Å². The van der Waals surface area contributed by atoms with Crippen LogP contribution in [0.1, 0.15) is 56.3 Å². The van der Waals surface area contributed by atoms with Crippen molar-refractivity contribution in [1.29, 1.82) is 0 Å². The summed E-state index contributed by atoms with van der Waals surface area (Å²) in [5.41, 5.74) is 2.12. The van der Waals surface area contributed by atoms with E-state index in [1.165, 1.54) is 38.8 Å². The summed E-state index contributed by atoms with van der Waals surface area (Å²) in [6.45, 7) is 8.10. The van der Waals surface area contributed by atoms with Gasteiger partial charge in [-0.25, -0.2) is 0 Å². The summed E-state index contributed by atoms with van der Waals surface area (Å²) in [5.74, 6) is 0.0618. The van der Waals surface area contributed by atoms with Gasteiger partial charge in [-0.3, -0.25) is 9.59 Å². The van der Waals surface area contributed by atoms with E-state index in [4.69, 9.17) is 0 Å². The zero-order chi connectivity index (χ0) is 19.2. The van der Waals surface area contributed by atoms with Crippen molar-refractivity contribution in [2.24, 2.45) is 5.92 Å². The maximum atomic E-state index is 12.4. The second kappa shape index (κ2) is 9.22. The van der Waals surface area contributed by atoms with Gasteiger partial charge in [0.15, 0.2) is 0 Å². The van der Waals surface area contributed by atoms with Gasteiger partial charge in [0.2, 0.25) is 5.91 Å². The molecule has 1 atom stereocenters. The first-order valence-corrected chi connectivity index (χ1v) is 10.3. The molecule has 3 rings (SSSR count). The van der Waals surface area contributed by atoms with Gasteiger partial charge < -0.3 is 20.9 Å². The van der Waals surface area contributed by atoms with E-state index in [2.05, 4.69) is 20.9 Å². The highest BCUT2D eigenvalue weighted by Crippen LogP contribution is 2.29. The number of hydrogen-bond donors (Lipinski definition) is 3. The summed E-state index contributed by atoms with van der Waals surface area (Å²) >= 11 is 0. The van der Waals surface area contributed by atoms with Crippen LogP contribution in [0.4, 0.5) is 11.4 Å². The average Bonchev–Trinajstić information content (AvgIpc) is 2.92. The van der Waals surface area contributed by atoms with Gasteiger partial charge in [-0.15, -0.1) is 0 Å². The third-order valence-electron chi connectivity index (χ3n) is 5.44. The zero-order valence-electron chi connectivity index (χ0n) is 16.5. The number of nitrogens with one attached hydrogen (secondary N) is 3. The van der Waals surface area contributed by atoms with Crippen molar-refractivity contribution in [3.05, 3.63) is 23.8 Å². The molecule has 2 aliphatic heterocycles. The van der Waals surface area contributed by atoms with Gasteiger partial charge >= 0.3 is 0 Å². The van der Waals surface area contributed by atoms with E-state index in [9.17, 15) is 9.59 Å². The number of amides is 2. The minimum atomic E-state index is -0.240. The Balaban J connectivity index is 1.49. The van der Waals surface area contributed by atoms with E-state index in [-0.39, 0.29) is 23.8 Å². The van der Waals surface area contributed by atoms with Crippen LogP contribution in [0.2, 0.25) is 0 Å². The molecule has 6 heteroatoms. The minimum Gasteiger partial charge on any atom is -0.372 e. The number of carbonyl (C=O) groups is 2. The Kier molecular flexibility index (Phi) is 6.72. The van der Waals surface area contributed by atoms with E-state index in [1.807, 2.05) is 26.0 Å². The topological polar surface area (TPSA) is 73.5 Å². The molecular formula is C21H32N4O2. The Bertz CT molecular complexity index is 666. The van der Waals surface area contributed by atoms with E-state index in [0.29, 0.717) is 17.8 Å². The predicted molar refractivity (Wildman–Crippen MR) is 109 cm³/mol. The normalized spacial score (nSPS) is 20.4. The van der Waals surface area contributed by atoms with Crippen LogP contribution < -0.4 is 16.0 Å². The second-order valence-electron chi connectivity index (χ2n) is 7.98. The highest BCUT2D eigenvalue weighted by atomic mass is 16.2. The van der Waals surface area contributed by atoms with Crippen LogP contribution >= 0.6 is 0 Å². The Morgan fingerprint density at radius 1 is 1.19 bits per heavy atom. The summed E-state index contributed by atoms with van der Waals surface area (Å²) < 4.78 is 0. The molecule has 6 nitrogen and oxygen atoms in total. The van der Waals surface area contributed by atoms with Gasteiger partial charge in [-0.2, -0.15) is 0 Å². The fraction of sp³-hybridized carbons (Fsp3) is 0.619. The van der Waals surface area contributed by atoms with Crippen LogP contribution in [-0.4, -0.2) is 48.9 Å².